The van der Waals surface area contributed by atoms with E-state index in [-0.39, 0.29) is 48.2 Å². The first-order chi connectivity index (χ1) is 23.3. The third kappa shape index (κ3) is 7.81. The van der Waals surface area contributed by atoms with Crippen LogP contribution in [0.1, 0.15) is 54.3 Å². The summed E-state index contributed by atoms with van der Waals surface area (Å²) in [5.74, 6) is 5.52. The van der Waals surface area contributed by atoms with Crippen LogP contribution in [0.3, 0.4) is 0 Å². The van der Waals surface area contributed by atoms with Gasteiger partial charge in [-0.15, -0.1) is 0 Å². The number of likely N-dealkylation sites (tertiary alicyclic amines) is 1. The number of primary amides is 1. The molecule has 4 aromatic rings. The van der Waals surface area contributed by atoms with E-state index in [1.165, 1.54) is 25.3 Å². The average Bonchev–Trinajstić information content (AvgIpc) is 3.54. The van der Waals surface area contributed by atoms with Gasteiger partial charge >= 0.3 is 12.1 Å². The number of aromatic carboxylic acids is 1. The van der Waals surface area contributed by atoms with Crippen LogP contribution < -0.4 is 26.7 Å². The highest BCUT2D eigenvalue weighted by Crippen LogP contribution is 2.31. The number of nitrogens with two attached hydrogens (primary N) is 3. The molecule has 0 bridgehead atoms. The maximum absolute atomic E-state index is 12.5. The van der Waals surface area contributed by atoms with Crippen LogP contribution in [0.4, 0.5) is 16.7 Å². The first-order valence-electron chi connectivity index (χ1n) is 15.7. The Balaban J connectivity index is 1.33. The molecule has 49 heavy (non-hydrogen) atoms. The minimum absolute atomic E-state index is 0.0135. The Hall–Kier alpha value is -5.91. The molecule has 0 saturated carbocycles. The fourth-order valence-corrected chi connectivity index (χ4v) is 5.64. The number of methoxy groups -OCH3 is 1. The number of amides is 2. The predicted molar refractivity (Wildman–Crippen MR) is 183 cm³/mol. The van der Waals surface area contributed by atoms with E-state index in [4.69, 9.17) is 31.4 Å². The molecule has 2 aromatic heterocycles. The Morgan fingerprint density at radius 3 is 2.14 bits per heavy atom. The molecule has 258 valence electrons. The van der Waals surface area contributed by atoms with Crippen molar-refractivity contribution in [1.29, 1.82) is 0 Å². The second-order valence-corrected chi connectivity index (χ2v) is 12.6. The van der Waals surface area contributed by atoms with Gasteiger partial charge in [-0.2, -0.15) is 0 Å². The van der Waals surface area contributed by atoms with Crippen LogP contribution in [0.15, 0.2) is 36.4 Å². The van der Waals surface area contributed by atoms with Gasteiger partial charge in [-0.05, 0) is 57.9 Å². The van der Waals surface area contributed by atoms with Crippen molar-refractivity contribution < 1.29 is 33.7 Å². The van der Waals surface area contributed by atoms with E-state index in [1.54, 1.807) is 20.1 Å². The summed E-state index contributed by atoms with van der Waals surface area (Å²) in [5, 5.41) is 9.43. The number of ether oxygens (including phenoxy) is 3. The number of hydrogen-bond acceptors (Lipinski definition) is 10. The number of hydrogen-bond donors (Lipinski definition) is 4. The molecule has 1 fully saturated rings. The zero-order valence-electron chi connectivity index (χ0n) is 27.9. The van der Waals surface area contributed by atoms with Crippen molar-refractivity contribution in [3.63, 3.8) is 0 Å². The highest BCUT2D eigenvalue weighted by atomic mass is 16.6. The maximum Gasteiger partial charge on any atom is 0.410 e. The quantitative estimate of drug-likeness (QED) is 0.149. The summed E-state index contributed by atoms with van der Waals surface area (Å²) >= 11 is 0. The molecule has 1 aliphatic rings. The molecule has 0 aliphatic carbocycles. The third-order valence-electron chi connectivity index (χ3n) is 7.85. The number of imidazole rings is 2. The van der Waals surface area contributed by atoms with E-state index < -0.39 is 17.5 Å². The number of allylic oxidation sites excluding steroid dienone is 2. The number of rotatable bonds is 9. The monoisotopic (exact) mass is 672 g/mol. The number of benzene rings is 2. The maximum atomic E-state index is 12.5. The van der Waals surface area contributed by atoms with E-state index in [0.717, 1.165) is 12.8 Å². The van der Waals surface area contributed by atoms with Crippen molar-refractivity contribution in [1.82, 2.24) is 24.0 Å². The lowest BCUT2D eigenvalue weighted by Gasteiger charge is -2.32. The summed E-state index contributed by atoms with van der Waals surface area (Å²) in [6, 6.07) is 5.95. The lowest BCUT2D eigenvalue weighted by Crippen LogP contribution is -2.42. The van der Waals surface area contributed by atoms with Gasteiger partial charge < -0.3 is 50.6 Å². The summed E-state index contributed by atoms with van der Waals surface area (Å²) in [7, 11) is 1.45. The smallest absolute Gasteiger partial charge is 0.410 e. The number of aromatic nitrogens is 4. The number of carboxylic acids is 1. The van der Waals surface area contributed by atoms with Gasteiger partial charge in [-0.1, -0.05) is 24.0 Å². The lowest BCUT2D eigenvalue weighted by atomic mass is 9.99. The fourth-order valence-electron chi connectivity index (χ4n) is 5.64. The number of fused-ring (bicyclic) bond motifs is 2. The molecule has 2 aromatic carbocycles. The molecule has 2 amide bonds. The number of carboxylic acid groups (broad SMARTS) is 1. The molecule has 5 rings (SSSR count). The molecule has 0 radical (unpaired) electrons. The van der Waals surface area contributed by atoms with Crippen LogP contribution in [0.2, 0.25) is 0 Å². The Morgan fingerprint density at radius 1 is 0.980 bits per heavy atom. The number of anilines is 2. The first kappa shape index (κ1) is 34.4. The third-order valence-corrected chi connectivity index (χ3v) is 7.85. The second kappa shape index (κ2) is 14.1. The lowest BCUT2D eigenvalue weighted by molar-refractivity contribution is 0.0190. The summed E-state index contributed by atoms with van der Waals surface area (Å²) in [5.41, 5.74) is 19.7. The van der Waals surface area contributed by atoms with Crippen molar-refractivity contribution >= 4 is 51.9 Å². The largest absolute Gasteiger partial charge is 0.494 e. The van der Waals surface area contributed by atoms with Crippen LogP contribution in [0.5, 0.6) is 11.5 Å². The van der Waals surface area contributed by atoms with Crippen LogP contribution in [0.25, 0.3) is 22.1 Å². The summed E-state index contributed by atoms with van der Waals surface area (Å²) in [6.07, 6.45) is 5.01. The molecular weight excluding hydrogens is 632 g/mol. The Bertz CT molecular complexity index is 2010. The van der Waals surface area contributed by atoms with Crippen molar-refractivity contribution in [2.45, 2.75) is 52.3 Å². The van der Waals surface area contributed by atoms with E-state index >= 15 is 0 Å². The first-order valence-corrected chi connectivity index (χ1v) is 15.7. The number of nitrogen functional groups attached to an aromatic ring is 2. The standard InChI is InChI=1S/C34H40N8O7/c1-34(2,3)49-33(46)40-11-7-9-20(19-40)10-8-14-48-26-17-21(29(35)43)15-23-28(26)42(32(37)38-23)13-6-5-12-41-27-24(39-31(41)36)16-22(30(44)45)18-25(27)47-4/h5-6,15-18,20H,7,9,11-14,19H2,1-4H3,(H2,35,43)(H2,36,39)(H2,37,38)(H,44,45). The minimum atomic E-state index is -1.10. The molecular formula is C34H40N8O7. The van der Waals surface area contributed by atoms with Crippen molar-refractivity contribution in [3.8, 4) is 23.3 Å². The topological polar surface area (TPSA) is 216 Å². The van der Waals surface area contributed by atoms with E-state index in [1.807, 2.05) is 32.9 Å². The van der Waals surface area contributed by atoms with Gasteiger partial charge in [0.25, 0.3) is 0 Å². The van der Waals surface area contributed by atoms with Crippen molar-refractivity contribution in [3.05, 3.63) is 47.5 Å². The minimum Gasteiger partial charge on any atom is -0.494 e. The number of nitrogens with zero attached hydrogens (tertiary/aromatic N) is 5. The SMILES string of the molecule is COc1cc(C(=O)O)cc2nc(N)n(CC=CCn3c(N)nc4cc(C(N)=O)cc(OCC#CC5CCCN(C(=O)OC(C)(C)C)C5)c43)c12. The van der Waals surface area contributed by atoms with Crippen LogP contribution >= 0.6 is 0 Å². The van der Waals surface area contributed by atoms with E-state index in [0.29, 0.717) is 53.2 Å². The van der Waals surface area contributed by atoms with Crippen LogP contribution in [-0.4, -0.2) is 79.5 Å². The molecule has 15 heteroatoms. The highest BCUT2D eigenvalue weighted by molar-refractivity contribution is 5.99. The van der Waals surface area contributed by atoms with Gasteiger partial charge in [0.2, 0.25) is 17.8 Å². The zero-order valence-corrected chi connectivity index (χ0v) is 27.9. The number of carbonyl (C=O) groups is 3. The average molecular weight is 673 g/mol. The van der Waals surface area contributed by atoms with Crippen LogP contribution in [-0.2, 0) is 17.8 Å². The van der Waals surface area contributed by atoms with Gasteiger partial charge in [0, 0.05) is 37.7 Å². The van der Waals surface area contributed by atoms with Gasteiger partial charge in [-0.25, -0.2) is 19.6 Å². The van der Waals surface area contributed by atoms with Crippen molar-refractivity contribution in [2.75, 3.05) is 38.3 Å². The van der Waals surface area contributed by atoms with Gasteiger partial charge in [-0.3, -0.25) is 4.79 Å². The Kier molecular flexibility index (Phi) is 9.88. The van der Waals surface area contributed by atoms with Gasteiger partial charge in [0.05, 0.1) is 23.7 Å². The van der Waals surface area contributed by atoms with Gasteiger partial charge in [0.1, 0.15) is 34.7 Å². The number of piperidine rings is 1. The van der Waals surface area contributed by atoms with E-state index in [9.17, 15) is 19.5 Å². The zero-order chi connectivity index (χ0) is 35.5. The summed E-state index contributed by atoms with van der Waals surface area (Å²) in [4.78, 5) is 46.6. The molecule has 1 unspecified atom stereocenters. The molecule has 1 atom stereocenters. The Morgan fingerprint density at radius 2 is 1.57 bits per heavy atom. The Labute approximate surface area is 282 Å². The molecule has 3 heterocycles. The number of carbonyl (C=O) groups excluding carboxylic acids is 2. The summed E-state index contributed by atoms with van der Waals surface area (Å²) < 4.78 is 20.4. The highest BCUT2D eigenvalue weighted by Gasteiger charge is 2.27. The molecule has 7 N–H and O–H groups in total. The molecule has 1 saturated heterocycles. The normalized spacial score (nSPS) is 14.9. The fraction of sp³-hybridized carbons (Fsp3) is 0.382. The molecule has 1 aliphatic heterocycles. The van der Waals surface area contributed by atoms with Crippen molar-refractivity contribution in [2.24, 2.45) is 11.7 Å². The molecule has 0 spiro atoms. The van der Waals surface area contributed by atoms with E-state index in [2.05, 4.69) is 21.8 Å². The summed E-state index contributed by atoms with van der Waals surface area (Å²) in [6.45, 7) is 7.19. The molecule has 15 nitrogen and oxygen atoms in total. The van der Waals surface area contributed by atoms with Gasteiger partial charge in [0.15, 0.2) is 0 Å². The second-order valence-electron chi connectivity index (χ2n) is 12.6. The predicted octanol–water partition coefficient (Wildman–Crippen LogP) is 3.64. The van der Waals surface area contributed by atoms with Crippen LogP contribution in [0, 0.1) is 17.8 Å².